The van der Waals surface area contributed by atoms with Crippen molar-refractivity contribution in [2.75, 3.05) is 0 Å². The van der Waals surface area contributed by atoms with Gasteiger partial charge in [-0.05, 0) is 49.7 Å². The molecule has 1 heterocycles. The van der Waals surface area contributed by atoms with E-state index in [2.05, 4.69) is 41.1 Å². The Bertz CT molecular complexity index is 630. The highest BCUT2D eigenvalue weighted by atomic mass is 15.1. The summed E-state index contributed by atoms with van der Waals surface area (Å²) in [6.07, 6.45) is 6.91. The second-order valence-electron chi connectivity index (χ2n) is 6.83. The molecule has 2 aliphatic rings. The van der Waals surface area contributed by atoms with E-state index in [4.69, 9.17) is 4.98 Å². The molecule has 0 spiro atoms. The van der Waals surface area contributed by atoms with E-state index in [0.29, 0.717) is 0 Å². The number of hydrogen-bond acceptors (Lipinski definition) is 2. The van der Waals surface area contributed by atoms with Crippen molar-refractivity contribution in [2.24, 2.45) is 11.8 Å². The third kappa shape index (κ3) is 2.38. The Hall–Kier alpha value is -1.35. The van der Waals surface area contributed by atoms with Gasteiger partial charge in [0.15, 0.2) is 0 Å². The molecule has 2 fully saturated rings. The van der Waals surface area contributed by atoms with Crippen LogP contribution in [-0.4, -0.2) is 15.6 Å². The average molecular weight is 283 g/mol. The van der Waals surface area contributed by atoms with Crippen molar-refractivity contribution < 1.29 is 0 Å². The van der Waals surface area contributed by atoms with Gasteiger partial charge in [0.05, 0.1) is 17.6 Å². The molecule has 0 radical (unpaired) electrons. The first-order valence-corrected chi connectivity index (χ1v) is 8.52. The molecule has 112 valence electrons. The van der Waals surface area contributed by atoms with E-state index in [1.807, 2.05) is 0 Å². The summed E-state index contributed by atoms with van der Waals surface area (Å²) < 4.78 is 2.40. The van der Waals surface area contributed by atoms with Gasteiger partial charge in [-0.2, -0.15) is 0 Å². The van der Waals surface area contributed by atoms with Crippen LogP contribution in [0.4, 0.5) is 0 Å². The lowest BCUT2D eigenvalue weighted by Gasteiger charge is -2.23. The molecule has 2 bridgehead atoms. The predicted molar refractivity (Wildman–Crippen MR) is 86.1 cm³/mol. The van der Waals surface area contributed by atoms with Crippen molar-refractivity contribution in [1.29, 1.82) is 0 Å². The van der Waals surface area contributed by atoms with E-state index < -0.39 is 0 Å². The van der Waals surface area contributed by atoms with Crippen LogP contribution >= 0.6 is 0 Å². The molecule has 1 aromatic carbocycles. The van der Waals surface area contributed by atoms with E-state index >= 15 is 0 Å². The number of rotatable bonds is 5. The van der Waals surface area contributed by atoms with Crippen molar-refractivity contribution in [1.82, 2.24) is 14.9 Å². The van der Waals surface area contributed by atoms with Crippen LogP contribution in [0.1, 0.15) is 44.9 Å². The molecule has 4 rings (SSSR count). The van der Waals surface area contributed by atoms with Gasteiger partial charge in [-0.15, -0.1) is 0 Å². The first-order chi connectivity index (χ1) is 10.3. The summed E-state index contributed by atoms with van der Waals surface area (Å²) in [5.41, 5.74) is 2.42. The van der Waals surface area contributed by atoms with Gasteiger partial charge in [-0.1, -0.05) is 25.5 Å². The number of benzene rings is 1. The number of aryl methyl sites for hydroxylation is 1. The lowest BCUT2D eigenvalue weighted by molar-refractivity contribution is 0.346. The predicted octanol–water partition coefficient (Wildman–Crippen LogP) is 3.72. The molecule has 2 aromatic rings. The summed E-state index contributed by atoms with van der Waals surface area (Å²) in [5.74, 6) is 3.14. The van der Waals surface area contributed by atoms with Crippen LogP contribution in [0.15, 0.2) is 24.3 Å². The van der Waals surface area contributed by atoms with Gasteiger partial charge in [0.1, 0.15) is 5.82 Å². The summed E-state index contributed by atoms with van der Waals surface area (Å²) >= 11 is 0. The van der Waals surface area contributed by atoms with Crippen LogP contribution in [0.3, 0.4) is 0 Å². The number of fused-ring (bicyclic) bond motifs is 3. The minimum Gasteiger partial charge on any atom is -0.327 e. The maximum absolute atomic E-state index is 4.85. The number of hydrogen-bond donors (Lipinski definition) is 1. The van der Waals surface area contributed by atoms with Crippen molar-refractivity contribution in [3.05, 3.63) is 30.1 Å². The molecule has 1 N–H and O–H groups in total. The maximum atomic E-state index is 4.85. The summed E-state index contributed by atoms with van der Waals surface area (Å²) in [6, 6.07) is 9.25. The maximum Gasteiger partial charge on any atom is 0.123 e. The molecule has 3 nitrogen and oxygen atoms in total. The van der Waals surface area contributed by atoms with Crippen molar-refractivity contribution >= 4 is 11.0 Å². The van der Waals surface area contributed by atoms with Crippen LogP contribution in [0.2, 0.25) is 0 Å². The highest BCUT2D eigenvalue weighted by Crippen LogP contribution is 2.44. The Morgan fingerprint density at radius 1 is 1.24 bits per heavy atom. The van der Waals surface area contributed by atoms with Crippen LogP contribution in [0.5, 0.6) is 0 Å². The molecule has 0 aliphatic heterocycles. The molecule has 3 heteroatoms. The number of imidazole rings is 1. The van der Waals surface area contributed by atoms with E-state index in [1.165, 1.54) is 37.0 Å². The number of para-hydroxylation sites is 2. The standard InChI is InChI=1S/C18H25N3/c1-2-9-21-17-6-4-3-5-15(17)20-18(21)12-19-16-11-13-7-8-14(16)10-13/h3-6,13-14,16,19H,2,7-12H2,1H3. The molecule has 2 aliphatic carbocycles. The molecule has 3 atom stereocenters. The van der Waals surface area contributed by atoms with Gasteiger partial charge in [-0.25, -0.2) is 4.98 Å². The fraction of sp³-hybridized carbons (Fsp3) is 0.611. The van der Waals surface area contributed by atoms with Crippen molar-refractivity contribution in [3.8, 4) is 0 Å². The third-order valence-electron chi connectivity index (χ3n) is 5.44. The summed E-state index contributed by atoms with van der Waals surface area (Å²) in [6.45, 7) is 4.22. The van der Waals surface area contributed by atoms with Crippen molar-refractivity contribution in [2.45, 2.75) is 58.2 Å². The highest BCUT2D eigenvalue weighted by Gasteiger charge is 2.39. The number of aromatic nitrogens is 2. The van der Waals surface area contributed by atoms with Gasteiger partial charge in [0.25, 0.3) is 0 Å². The quantitative estimate of drug-likeness (QED) is 0.906. The summed E-state index contributed by atoms with van der Waals surface area (Å²) in [5, 5.41) is 3.81. The first kappa shape index (κ1) is 13.3. The van der Waals surface area contributed by atoms with Gasteiger partial charge < -0.3 is 9.88 Å². The molecular formula is C18H25N3. The van der Waals surface area contributed by atoms with Crippen molar-refractivity contribution in [3.63, 3.8) is 0 Å². The Morgan fingerprint density at radius 3 is 2.90 bits per heavy atom. The second kappa shape index (κ2) is 5.45. The second-order valence-corrected chi connectivity index (χ2v) is 6.83. The largest absolute Gasteiger partial charge is 0.327 e. The Morgan fingerprint density at radius 2 is 2.14 bits per heavy atom. The lowest BCUT2D eigenvalue weighted by atomic mass is 9.95. The molecule has 0 amide bonds. The van der Waals surface area contributed by atoms with E-state index in [9.17, 15) is 0 Å². The molecule has 0 saturated heterocycles. The van der Waals surface area contributed by atoms with E-state index in [-0.39, 0.29) is 0 Å². The highest BCUT2D eigenvalue weighted by molar-refractivity contribution is 5.75. The summed E-state index contributed by atoms with van der Waals surface area (Å²) in [7, 11) is 0. The topological polar surface area (TPSA) is 29.9 Å². The zero-order chi connectivity index (χ0) is 14.2. The molecule has 21 heavy (non-hydrogen) atoms. The Labute approximate surface area is 126 Å². The van der Waals surface area contributed by atoms with Crippen LogP contribution in [-0.2, 0) is 13.1 Å². The average Bonchev–Trinajstić information content (AvgIpc) is 3.20. The molecule has 3 unspecified atom stereocenters. The third-order valence-corrected chi connectivity index (χ3v) is 5.44. The minimum absolute atomic E-state index is 0.735. The monoisotopic (exact) mass is 283 g/mol. The minimum atomic E-state index is 0.735. The molecule has 1 aromatic heterocycles. The van der Waals surface area contributed by atoms with E-state index in [1.54, 1.807) is 0 Å². The fourth-order valence-corrected chi connectivity index (χ4v) is 4.45. The lowest BCUT2D eigenvalue weighted by Crippen LogP contribution is -2.34. The Balaban J connectivity index is 1.54. The normalized spacial score (nSPS) is 27.8. The van der Waals surface area contributed by atoms with Crippen LogP contribution < -0.4 is 5.32 Å². The van der Waals surface area contributed by atoms with Crippen LogP contribution in [0.25, 0.3) is 11.0 Å². The van der Waals surface area contributed by atoms with Gasteiger partial charge >= 0.3 is 0 Å². The van der Waals surface area contributed by atoms with Gasteiger partial charge in [0.2, 0.25) is 0 Å². The summed E-state index contributed by atoms with van der Waals surface area (Å²) in [4.78, 5) is 4.85. The molecular weight excluding hydrogens is 258 g/mol. The fourth-order valence-electron chi connectivity index (χ4n) is 4.45. The molecule has 2 saturated carbocycles. The van der Waals surface area contributed by atoms with Gasteiger partial charge in [-0.3, -0.25) is 0 Å². The van der Waals surface area contributed by atoms with Crippen LogP contribution in [0, 0.1) is 11.8 Å². The number of nitrogens with one attached hydrogen (secondary N) is 1. The Kier molecular flexibility index (Phi) is 3.46. The zero-order valence-corrected chi connectivity index (χ0v) is 12.9. The smallest absolute Gasteiger partial charge is 0.123 e. The van der Waals surface area contributed by atoms with Gasteiger partial charge in [0, 0.05) is 12.6 Å². The zero-order valence-electron chi connectivity index (χ0n) is 12.9. The van der Waals surface area contributed by atoms with E-state index in [0.717, 1.165) is 42.9 Å². The SMILES string of the molecule is CCCn1c(CNC2CC3CCC2C3)nc2ccccc21. The number of nitrogens with zero attached hydrogens (tertiary/aromatic N) is 2. The first-order valence-electron chi connectivity index (χ1n) is 8.52.